The van der Waals surface area contributed by atoms with Crippen LogP contribution in [0, 0.1) is 0 Å². The zero-order chi connectivity index (χ0) is 23.4. The van der Waals surface area contributed by atoms with Crippen molar-refractivity contribution in [3.8, 4) is 11.6 Å². The highest BCUT2D eigenvalue weighted by molar-refractivity contribution is 5.90. The molecule has 1 aliphatic heterocycles. The highest BCUT2D eigenvalue weighted by Gasteiger charge is 2.35. The number of rotatable bonds is 3. The number of fused-ring (bicyclic) bond motifs is 4. The summed E-state index contributed by atoms with van der Waals surface area (Å²) in [6.07, 6.45) is 0.839. The van der Waals surface area contributed by atoms with Gasteiger partial charge in [-0.05, 0) is 36.0 Å². The number of benzene rings is 3. The molecule has 6 rings (SSSR count). The van der Waals surface area contributed by atoms with Crippen molar-refractivity contribution in [3.63, 3.8) is 0 Å². The summed E-state index contributed by atoms with van der Waals surface area (Å²) in [6.45, 7) is 3.46. The number of aromatic nitrogens is 3. The Bertz CT molecular complexity index is 1670. The number of nitrogens with one attached hydrogen (secondary N) is 2. The molecule has 0 bridgehead atoms. The van der Waals surface area contributed by atoms with Crippen LogP contribution in [-0.4, -0.2) is 37.6 Å². The van der Waals surface area contributed by atoms with Crippen LogP contribution in [0.15, 0.2) is 76.3 Å². The Morgan fingerprint density at radius 3 is 2.50 bits per heavy atom. The second-order valence-corrected chi connectivity index (χ2v) is 8.67. The molecule has 0 spiro atoms. The van der Waals surface area contributed by atoms with Gasteiger partial charge >= 0.3 is 5.69 Å². The summed E-state index contributed by atoms with van der Waals surface area (Å²) >= 11 is 0. The van der Waals surface area contributed by atoms with Crippen molar-refractivity contribution in [2.75, 3.05) is 13.1 Å². The van der Waals surface area contributed by atoms with Crippen molar-refractivity contribution in [3.05, 3.63) is 104 Å². The number of nitrogens with zero attached hydrogens (tertiary/aromatic N) is 2. The molecule has 34 heavy (non-hydrogen) atoms. The molecule has 3 N–H and O–H groups in total. The van der Waals surface area contributed by atoms with E-state index >= 15 is 0 Å². The van der Waals surface area contributed by atoms with E-state index < -0.39 is 17.3 Å². The Labute approximate surface area is 194 Å². The van der Waals surface area contributed by atoms with Gasteiger partial charge in [-0.25, -0.2) is 9.36 Å². The van der Waals surface area contributed by atoms with Crippen LogP contribution >= 0.6 is 0 Å². The molecule has 170 valence electrons. The molecule has 1 aliphatic rings. The molecule has 0 unspecified atom stereocenters. The molecule has 0 amide bonds. The second kappa shape index (κ2) is 7.74. The normalized spacial score (nSPS) is 16.2. The van der Waals surface area contributed by atoms with Gasteiger partial charge in [-0.15, -0.1) is 0 Å². The maximum atomic E-state index is 13.2. The first-order valence-electron chi connectivity index (χ1n) is 11.5. The van der Waals surface area contributed by atoms with E-state index in [1.165, 1.54) is 4.57 Å². The minimum Gasteiger partial charge on any atom is -0.494 e. The second-order valence-electron chi connectivity index (χ2n) is 8.67. The number of para-hydroxylation sites is 1. The number of H-pyrrole nitrogens is 2. The Morgan fingerprint density at radius 1 is 0.941 bits per heavy atom. The topological polar surface area (TPSA) is 94.1 Å². The van der Waals surface area contributed by atoms with E-state index in [0.29, 0.717) is 12.2 Å². The van der Waals surface area contributed by atoms with Crippen molar-refractivity contribution in [2.45, 2.75) is 19.4 Å². The summed E-state index contributed by atoms with van der Waals surface area (Å²) < 4.78 is 1.21. The smallest absolute Gasteiger partial charge is 0.335 e. The monoisotopic (exact) mass is 452 g/mol. The van der Waals surface area contributed by atoms with E-state index in [1.807, 2.05) is 61.5 Å². The van der Waals surface area contributed by atoms with Crippen LogP contribution in [0.25, 0.3) is 27.4 Å². The molecule has 7 nitrogen and oxygen atoms in total. The summed E-state index contributed by atoms with van der Waals surface area (Å²) in [6, 6.07) is 20.8. The molecule has 5 aromatic rings. The quantitative estimate of drug-likeness (QED) is 0.388. The number of hydrogen-bond acceptors (Lipinski definition) is 4. The van der Waals surface area contributed by atoms with Gasteiger partial charge in [0.2, 0.25) is 5.88 Å². The summed E-state index contributed by atoms with van der Waals surface area (Å²) in [5.41, 5.74) is 2.47. The van der Waals surface area contributed by atoms with Gasteiger partial charge in [0.15, 0.2) is 0 Å². The third-order valence-electron chi connectivity index (χ3n) is 6.94. The maximum Gasteiger partial charge on any atom is 0.335 e. The van der Waals surface area contributed by atoms with Crippen LogP contribution in [0.1, 0.15) is 29.8 Å². The molecule has 0 fully saturated rings. The summed E-state index contributed by atoms with van der Waals surface area (Å²) in [5.74, 6) is -0.333. The first-order chi connectivity index (χ1) is 16.6. The lowest BCUT2D eigenvalue weighted by Crippen LogP contribution is -2.41. The van der Waals surface area contributed by atoms with Crippen LogP contribution < -0.4 is 11.2 Å². The highest BCUT2D eigenvalue weighted by atomic mass is 16.3. The molecule has 7 heteroatoms. The minimum absolute atomic E-state index is 0.168. The van der Waals surface area contributed by atoms with Gasteiger partial charge in [0.05, 0.1) is 11.7 Å². The first-order valence-corrected chi connectivity index (χ1v) is 11.5. The van der Waals surface area contributed by atoms with E-state index in [0.717, 1.165) is 45.9 Å². The summed E-state index contributed by atoms with van der Waals surface area (Å²) in [4.78, 5) is 34.3. The van der Waals surface area contributed by atoms with Gasteiger partial charge in [0.1, 0.15) is 5.56 Å². The molecular formula is C27H24N4O3. The Hall–Kier alpha value is -4.10. The molecule has 0 radical (unpaired) electrons. The van der Waals surface area contributed by atoms with Crippen LogP contribution in [0.4, 0.5) is 0 Å². The number of aromatic amines is 2. The maximum absolute atomic E-state index is 13.2. The zero-order valence-corrected chi connectivity index (χ0v) is 18.7. The van der Waals surface area contributed by atoms with Crippen LogP contribution in [0.3, 0.4) is 0 Å². The fraction of sp³-hybridized carbons (Fsp3) is 0.185. The lowest BCUT2D eigenvalue weighted by Gasteiger charge is -2.35. The molecule has 1 atom stereocenters. The zero-order valence-electron chi connectivity index (χ0n) is 18.7. The van der Waals surface area contributed by atoms with Crippen molar-refractivity contribution in [1.29, 1.82) is 0 Å². The molecule has 0 saturated carbocycles. The molecule has 2 aromatic heterocycles. The van der Waals surface area contributed by atoms with E-state index in [9.17, 15) is 14.7 Å². The Kier molecular flexibility index (Phi) is 4.67. The number of hydrogen-bond donors (Lipinski definition) is 3. The lowest BCUT2D eigenvalue weighted by atomic mass is 9.93. The van der Waals surface area contributed by atoms with Gasteiger partial charge in [-0.2, -0.15) is 0 Å². The van der Waals surface area contributed by atoms with Crippen LogP contribution in [0.5, 0.6) is 5.88 Å². The standard InChI is InChI=1S/C27H24N4O3/c1-2-30-15-14-19-18-11-5-6-12-20(18)28-23(19)24(30)22-25(32)29-27(34)31(26(22)33)21-13-7-9-16-8-3-4-10-17(16)21/h3-13,24,28,33H,2,14-15H2,1H3,(H,29,32,34)/t24-/m1/s1. The van der Waals surface area contributed by atoms with Crippen molar-refractivity contribution in [2.24, 2.45) is 0 Å². The lowest BCUT2D eigenvalue weighted by molar-refractivity contribution is 0.215. The Balaban J connectivity index is 1.65. The SMILES string of the molecule is CCN1CCc2c([nH]c3ccccc23)[C@H]1c1c(O)n(-c2cccc3ccccc23)c(=O)[nH]c1=O. The largest absolute Gasteiger partial charge is 0.494 e. The summed E-state index contributed by atoms with van der Waals surface area (Å²) in [7, 11) is 0. The molecule has 3 aromatic carbocycles. The predicted octanol–water partition coefficient (Wildman–Crippen LogP) is 3.83. The van der Waals surface area contributed by atoms with Gasteiger partial charge in [0.25, 0.3) is 5.56 Å². The van der Waals surface area contributed by atoms with E-state index in [1.54, 1.807) is 6.07 Å². The van der Waals surface area contributed by atoms with E-state index in [2.05, 4.69) is 20.9 Å². The van der Waals surface area contributed by atoms with Crippen LogP contribution in [0.2, 0.25) is 0 Å². The van der Waals surface area contributed by atoms with E-state index in [-0.39, 0.29) is 11.4 Å². The fourth-order valence-corrected chi connectivity index (χ4v) is 5.37. The van der Waals surface area contributed by atoms with Gasteiger partial charge in [-0.3, -0.25) is 14.7 Å². The molecule has 0 saturated heterocycles. The number of likely N-dealkylation sites (N-methyl/N-ethyl adjacent to an activating group) is 1. The molecule has 3 heterocycles. The third-order valence-corrected chi connectivity index (χ3v) is 6.94. The molecule has 0 aliphatic carbocycles. The minimum atomic E-state index is -0.668. The van der Waals surface area contributed by atoms with Gasteiger partial charge in [0, 0.05) is 28.5 Å². The highest BCUT2D eigenvalue weighted by Crippen LogP contribution is 2.40. The van der Waals surface area contributed by atoms with Crippen molar-refractivity contribution in [1.82, 2.24) is 19.4 Å². The van der Waals surface area contributed by atoms with Gasteiger partial charge in [-0.1, -0.05) is 61.5 Å². The van der Waals surface area contributed by atoms with E-state index in [4.69, 9.17) is 0 Å². The first kappa shape index (κ1) is 20.5. The predicted molar refractivity (Wildman–Crippen MR) is 133 cm³/mol. The van der Waals surface area contributed by atoms with Crippen molar-refractivity contribution >= 4 is 21.7 Å². The van der Waals surface area contributed by atoms with Crippen molar-refractivity contribution < 1.29 is 5.11 Å². The third kappa shape index (κ3) is 2.94. The number of aromatic hydroxyl groups is 1. The van der Waals surface area contributed by atoms with Crippen LogP contribution in [-0.2, 0) is 6.42 Å². The Morgan fingerprint density at radius 2 is 1.68 bits per heavy atom. The average molecular weight is 453 g/mol. The summed E-state index contributed by atoms with van der Waals surface area (Å²) in [5, 5.41) is 14.4. The fourth-order valence-electron chi connectivity index (χ4n) is 5.37. The average Bonchev–Trinajstić information content (AvgIpc) is 3.23. The van der Waals surface area contributed by atoms with Gasteiger partial charge < -0.3 is 10.1 Å². The molecular weight excluding hydrogens is 428 g/mol.